The molecule has 0 aliphatic rings. The number of furan rings is 1. The van der Waals surface area contributed by atoms with Crippen molar-refractivity contribution in [1.29, 1.82) is 0 Å². The molecule has 136 valence electrons. The Labute approximate surface area is 164 Å². The van der Waals surface area contributed by atoms with Gasteiger partial charge in [-0.05, 0) is 44.2 Å². The maximum Gasteiger partial charge on any atom is 0.237 e. The number of benzene rings is 1. The first-order valence-electron chi connectivity index (χ1n) is 7.89. The summed E-state index contributed by atoms with van der Waals surface area (Å²) in [7, 11) is 0. The number of rotatable bonds is 6. The van der Waals surface area contributed by atoms with Gasteiger partial charge in [-0.3, -0.25) is 9.36 Å². The standard InChI is InChI=1S/C17H16Cl2N4O2S/c1-3-23-15(14-5-4-8-25-14)21-22-17(23)26-10(2)16(24)20-13-9-11(18)6-7-12(13)19/h4-10H,3H2,1-2H3,(H,20,24). The van der Waals surface area contributed by atoms with E-state index in [-0.39, 0.29) is 5.91 Å². The molecule has 1 unspecified atom stereocenters. The average Bonchev–Trinajstić information content (AvgIpc) is 3.27. The highest BCUT2D eigenvalue weighted by Crippen LogP contribution is 2.29. The van der Waals surface area contributed by atoms with Gasteiger partial charge in [0.15, 0.2) is 16.7 Å². The third kappa shape index (κ3) is 4.06. The van der Waals surface area contributed by atoms with Crippen molar-refractivity contribution in [3.63, 3.8) is 0 Å². The van der Waals surface area contributed by atoms with Crippen LogP contribution >= 0.6 is 35.0 Å². The first-order valence-corrected chi connectivity index (χ1v) is 9.52. The minimum Gasteiger partial charge on any atom is -0.461 e. The molecule has 1 N–H and O–H groups in total. The summed E-state index contributed by atoms with van der Waals surface area (Å²) in [6, 6.07) is 8.53. The number of amides is 1. The number of thioether (sulfide) groups is 1. The van der Waals surface area contributed by atoms with E-state index in [0.29, 0.717) is 39.0 Å². The van der Waals surface area contributed by atoms with Gasteiger partial charge in [0.25, 0.3) is 0 Å². The van der Waals surface area contributed by atoms with E-state index in [1.165, 1.54) is 11.8 Å². The summed E-state index contributed by atoms with van der Waals surface area (Å²) in [4.78, 5) is 12.5. The number of hydrogen-bond acceptors (Lipinski definition) is 5. The summed E-state index contributed by atoms with van der Waals surface area (Å²) in [5, 5.41) is 12.3. The van der Waals surface area contributed by atoms with Gasteiger partial charge in [0.05, 0.1) is 22.2 Å². The van der Waals surface area contributed by atoms with Gasteiger partial charge in [-0.25, -0.2) is 0 Å². The van der Waals surface area contributed by atoms with Crippen molar-refractivity contribution >= 4 is 46.6 Å². The summed E-state index contributed by atoms with van der Waals surface area (Å²) in [5.41, 5.74) is 0.477. The van der Waals surface area contributed by atoms with Crippen LogP contribution in [0.3, 0.4) is 0 Å². The lowest BCUT2D eigenvalue weighted by Gasteiger charge is -2.13. The summed E-state index contributed by atoms with van der Waals surface area (Å²) in [5.74, 6) is 1.06. The predicted octanol–water partition coefficient (Wildman–Crippen LogP) is 4.98. The molecule has 0 spiro atoms. The Morgan fingerprint density at radius 1 is 1.35 bits per heavy atom. The first kappa shape index (κ1) is 18.8. The Kier molecular flexibility index (Phi) is 5.90. The normalized spacial score (nSPS) is 12.2. The smallest absolute Gasteiger partial charge is 0.237 e. The summed E-state index contributed by atoms with van der Waals surface area (Å²) < 4.78 is 7.29. The van der Waals surface area contributed by atoms with Crippen molar-refractivity contribution in [3.05, 3.63) is 46.6 Å². The van der Waals surface area contributed by atoms with Crippen molar-refractivity contribution in [3.8, 4) is 11.6 Å². The van der Waals surface area contributed by atoms with Gasteiger partial charge < -0.3 is 9.73 Å². The van der Waals surface area contributed by atoms with Crippen LogP contribution in [0.15, 0.2) is 46.2 Å². The van der Waals surface area contributed by atoms with E-state index in [4.69, 9.17) is 27.6 Å². The van der Waals surface area contributed by atoms with Gasteiger partial charge >= 0.3 is 0 Å². The molecular formula is C17H16Cl2N4O2S. The van der Waals surface area contributed by atoms with Crippen LogP contribution in [0.4, 0.5) is 5.69 Å². The summed E-state index contributed by atoms with van der Waals surface area (Å²) in [6.07, 6.45) is 1.58. The molecule has 0 saturated carbocycles. The summed E-state index contributed by atoms with van der Waals surface area (Å²) >= 11 is 13.4. The molecule has 1 amide bonds. The fraction of sp³-hybridized carbons (Fsp3) is 0.235. The second-order valence-electron chi connectivity index (χ2n) is 5.40. The molecule has 0 radical (unpaired) electrons. The average molecular weight is 411 g/mol. The van der Waals surface area contributed by atoms with Crippen LogP contribution in [0.1, 0.15) is 13.8 Å². The predicted molar refractivity (Wildman–Crippen MR) is 104 cm³/mol. The lowest BCUT2D eigenvalue weighted by molar-refractivity contribution is -0.115. The highest BCUT2D eigenvalue weighted by Gasteiger charge is 2.21. The van der Waals surface area contributed by atoms with Crippen molar-refractivity contribution in [1.82, 2.24) is 14.8 Å². The number of nitrogens with one attached hydrogen (secondary N) is 1. The monoisotopic (exact) mass is 410 g/mol. The van der Waals surface area contributed by atoms with E-state index in [9.17, 15) is 4.79 Å². The number of carbonyl (C=O) groups excluding carboxylic acids is 1. The van der Waals surface area contributed by atoms with Crippen LogP contribution in [-0.2, 0) is 11.3 Å². The van der Waals surface area contributed by atoms with E-state index in [0.717, 1.165) is 0 Å². The number of halogens is 2. The van der Waals surface area contributed by atoms with Crippen LogP contribution < -0.4 is 5.32 Å². The molecule has 3 aromatic rings. The van der Waals surface area contributed by atoms with Crippen LogP contribution in [-0.4, -0.2) is 25.9 Å². The molecule has 6 nitrogen and oxygen atoms in total. The Morgan fingerprint density at radius 3 is 2.85 bits per heavy atom. The molecule has 0 aliphatic heterocycles. The molecule has 26 heavy (non-hydrogen) atoms. The second kappa shape index (κ2) is 8.16. The molecular weight excluding hydrogens is 395 g/mol. The minimum atomic E-state index is -0.413. The number of nitrogens with zero attached hydrogens (tertiary/aromatic N) is 3. The van der Waals surface area contributed by atoms with Crippen molar-refractivity contribution in [2.75, 3.05) is 5.32 Å². The Balaban J connectivity index is 1.74. The third-order valence-electron chi connectivity index (χ3n) is 3.61. The van der Waals surface area contributed by atoms with E-state index >= 15 is 0 Å². The maximum atomic E-state index is 12.5. The molecule has 0 bridgehead atoms. The van der Waals surface area contributed by atoms with Gasteiger partial charge in [-0.15, -0.1) is 10.2 Å². The number of aromatic nitrogens is 3. The topological polar surface area (TPSA) is 73.0 Å². The second-order valence-corrected chi connectivity index (χ2v) is 7.55. The SMILES string of the molecule is CCn1c(SC(C)C(=O)Nc2cc(Cl)ccc2Cl)nnc1-c1ccco1. The Bertz CT molecular complexity index is 912. The van der Waals surface area contributed by atoms with Crippen molar-refractivity contribution in [2.24, 2.45) is 0 Å². The summed E-state index contributed by atoms with van der Waals surface area (Å²) in [6.45, 7) is 4.43. The van der Waals surface area contributed by atoms with E-state index in [2.05, 4.69) is 15.5 Å². The zero-order valence-corrected chi connectivity index (χ0v) is 16.4. The lowest BCUT2D eigenvalue weighted by atomic mass is 10.3. The highest BCUT2D eigenvalue weighted by atomic mass is 35.5. The number of anilines is 1. The molecule has 9 heteroatoms. The van der Waals surface area contributed by atoms with Crippen molar-refractivity contribution < 1.29 is 9.21 Å². The van der Waals surface area contributed by atoms with Crippen LogP contribution in [0, 0.1) is 0 Å². The minimum absolute atomic E-state index is 0.204. The van der Waals surface area contributed by atoms with Gasteiger partial charge in [-0.2, -0.15) is 0 Å². The molecule has 3 rings (SSSR count). The van der Waals surface area contributed by atoms with E-state index in [1.54, 1.807) is 37.5 Å². The third-order valence-corrected chi connectivity index (χ3v) is 5.26. The number of hydrogen-bond donors (Lipinski definition) is 1. The molecule has 0 fully saturated rings. The fourth-order valence-corrected chi connectivity index (χ4v) is 3.54. The van der Waals surface area contributed by atoms with Gasteiger partial charge in [-0.1, -0.05) is 35.0 Å². The zero-order chi connectivity index (χ0) is 18.7. The number of carbonyl (C=O) groups is 1. The molecule has 0 saturated heterocycles. The van der Waals surface area contributed by atoms with Crippen molar-refractivity contribution in [2.45, 2.75) is 30.8 Å². The van der Waals surface area contributed by atoms with E-state index in [1.807, 2.05) is 17.6 Å². The first-order chi connectivity index (χ1) is 12.5. The van der Waals surface area contributed by atoms with E-state index < -0.39 is 5.25 Å². The highest BCUT2D eigenvalue weighted by molar-refractivity contribution is 8.00. The fourth-order valence-electron chi connectivity index (χ4n) is 2.29. The quantitative estimate of drug-likeness (QED) is 0.579. The van der Waals surface area contributed by atoms with Crippen LogP contribution in [0.5, 0.6) is 0 Å². The molecule has 2 heterocycles. The molecule has 0 aliphatic carbocycles. The lowest BCUT2D eigenvalue weighted by Crippen LogP contribution is -2.23. The Hall–Kier alpha value is -1.96. The van der Waals surface area contributed by atoms with Crippen LogP contribution in [0.25, 0.3) is 11.6 Å². The van der Waals surface area contributed by atoms with Gasteiger partial charge in [0.1, 0.15) is 0 Å². The van der Waals surface area contributed by atoms with Crippen LogP contribution in [0.2, 0.25) is 10.0 Å². The molecule has 1 atom stereocenters. The zero-order valence-electron chi connectivity index (χ0n) is 14.1. The molecule has 1 aromatic carbocycles. The maximum absolute atomic E-state index is 12.5. The van der Waals surface area contributed by atoms with Gasteiger partial charge in [0, 0.05) is 11.6 Å². The van der Waals surface area contributed by atoms with Gasteiger partial charge in [0.2, 0.25) is 5.91 Å². The largest absolute Gasteiger partial charge is 0.461 e. The Morgan fingerprint density at radius 2 is 2.15 bits per heavy atom. The molecule has 2 aromatic heterocycles.